The normalized spacial score (nSPS) is 12.5. The lowest BCUT2D eigenvalue weighted by atomic mass is 10.1. The Kier molecular flexibility index (Phi) is 7.36. The molecule has 0 aromatic heterocycles. The van der Waals surface area contributed by atoms with Crippen molar-refractivity contribution < 1.29 is 13.2 Å². The number of amides is 1. The number of unbranched alkanes of at least 4 members (excludes halogenated alkanes) is 1. The first kappa shape index (κ1) is 20.1. The summed E-state index contributed by atoms with van der Waals surface area (Å²) in [7, 11) is -3.78. The van der Waals surface area contributed by atoms with Crippen molar-refractivity contribution >= 4 is 15.9 Å². The third-order valence-corrected chi connectivity index (χ3v) is 5.54. The molecule has 2 rings (SSSR count). The van der Waals surface area contributed by atoms with Gasteiger partial charge in [-0.1, -0.05) is 61.4 Å². The molecule has 2 N–H and O–H groups in total. The Bertz CT molecular complexity index is 803. The van der Waals surface area contributed by atoms with Crippen LogP contribution < -0.4 is 10.0 Å². The molecule has 0 aliphatic rings. The fraction of sp³-hybridized carbons (Fsp3) is 0.350. The SMILES string of the molecule is CCCCNC(=O)C(Cc1ccccc1)NS(=O)(=O)c1ccc(C)cc1. The maximum absolute atomic E-state index is 12.7. The molecule has 2 aromatic carbocycles. The molecule has 140 valence electrons. The average Bonchev–Trinajstić information content (AvgIpc) is 2.62. The largest absolute Gasteiger partial charge is 0.355 e. The van der Waals surface area contributed by atoms with Crippen LogP contribution in [0.1, 0.15) is 30.9 Å². The van der Waals surface area contributed by atoms with Crippen LogP contribution in [-0.4, -0.2) is 26.9 Å². The summed E-state index contributed by atoms with van der Waals surface area (Å²) in [5.41, 5.74) is 1.87. The van der Waals surface area contributed by atoms with E-state index in [1.165, 1.54) is 0 Å². The summed E-state index contributed by atoms with van der Waals surface area (Å²) in [6.45, 7) is 4.46. The van der Waals surface area contributed by atoms with Crippen LogP contribution in [0.2, 0.25) is 0 Å². The molecule has 0 saturated carbocycles. The lowest BCUT2D eigenvalue weighted by Crippen LogP contribution is -2.48. The number of carbonyl (C=O) groups is 1. The highest BCUT2D eigenvalue weighted by Gasteiger charge is 2.25. The molecule has 1 amide bonds. The van der Waals surface area contributed by atoms with Crippen molar-refractivity contribution in [2.75, 3.05) is 6.54 Å². The Labute approximate surface area is 155 Å². The number of hydrogen-bond acceptors (Lipinski definition) is 3. The second-order valence-electron chi connectivity index (χ2n) is 6.32. The zero-order valence-corrected chi connectivity index (χ0v) is 16.1. The molecular weight excluding hydrogens is 348 g/mol. The Morgan fingerprint density at radius 2 is 1.69 bits per heavy atom. The maximum atomic E-state index is 12.7. The highest BCUT2D eigenvalue weighted by Crippen LogP contribution is 2.12. The Hall–Kier alpha value is -2.18. The second kappa shape index (κ2) is 9.50. The van der Waals surface area contributed by atoms with E-state index in [4.69, 9.17) is 0 Å². The number of hydrogen-bond donors (Lipinski definition) is 2. The first-order valence-electron chi connectivity index (χ1n) is 8.83. The van der Waals surface area contributed by atoms with E-state index < -0.39 is 16.1 Å². The Balaban J connectivity index is 2.19. The lowest BCUT2D eigenvalue weighted by molar-refractivity contribution is -0.122. The van der Waals surface area contributed by atoms with E-state index in [2.05, 4.69) is 10.0 Å². The lowest BCUT2D eigenvalue weighted by Gasteiger charge is -2.19. The summed E-state index contributed by atoms with van der Waals surface area (Å²) in [4.78, 5) is 12.7. The number of benzene rings is 2. The minimum absolute atomic E-state index is 0.155. The molecule has 1 atom stereocenters. The molecule has 2 aromatic rings. The van der Waals surface area contributed by atoms with Gasteiger partial charge < -0.3 is 5.32 Å². The van der Waals surface area contributed by atoms with Crippen LogP contribution in [0.15, 0.2) is 59.5 Å². The van der Waals surface area contributed by atoms with Crippen LogP contribution in [0.25, 0.3) is 0 Å². The smallest absolute Gasteiger partial charge is 0.241 e. The number of aryl methyl sites for hydroxylation is 1. The van der Waals surface area contributed by atoms with E-state index in [1.54, 1.807) is 24.3 Å². The van der Waals surface area contributed by atoms with E-state index in [9.17, 15) is 13.2 Å². The quantitative estimate of drug-likeness (QED) is 0.663. The zero-order chi connectivity index (χ0) is 19.0. The van der Waals surface area contributed by atoms with Gasteiger partial charge in [0.25, 0.3) is 0 Å². The fourth-order valence-electron chi connectivity index (χ4n) is 2.52. The fourth-order valence-corrected chi connectivity index (χ4v) is 3.72. The summed E-state index contributed by atoms with van der Waals surface area (Å²) < 4.78 is 27.9. The molecule has 0 aliphatic heterocycles. The first-order chi connectivity index (χ1) is 12.4. The number of nitrogens with one attached hydrogen (secondary N) is 2. The van der Waals surface area contributed by atoms with Gasteiger partial charge in [0, 0.05) is 6.54 Å². The molecule has 0 spiro atoms. The van der Waals surface area contributed by atoms with Crippen molar-refractivity contribution in [3.8, 4) is 0 Å². The average molecular weight is 375 g/mol. The van der Waals surface area contributed by atoms with Crippen LogP contribution >= 0.6 is 0 Å². The van der Waals surface area contributed by atoms with E-state index >= 15 is 0 Å². The third-order valence-electron chi connectivity index (χ3n) is 4.06. The number of sulfonamides is 1. The van der Waals surface area contributed by atoms with Crippen molar-refractivity contribution in [3.05, 3.63) is 65.7 Å². The van der Waals surface area contributed by atoms with Gasteiger partial charge in [-0.3, -0.25) is 4.79 Å². The predicted octanol–water partition coefficient (Wildman–Crippen LogP) is 2.80. The number of rotatable bonds is 9. The topological polar surface area (TPSA) is 75.3 Å². The molecule has 1 unspecified atom stereocenters. The molecular formula is C20H26N2O3S. The summed E-state index contributed by atoms with van der Waals surface area (Å²) in [6, 6.07) is 15.1. The van der Waals surface area contributed by atoms with Gasteiger partial charge in [-0.05, 0) is 37.5 Å². The van der Waals surface area contributed by atoms with Crippen LogP contribution in [0, 0.1) is 6.92 Å². The van der Waals surface area contributed by atoms with Gasteiger partial charge in [0.1, 0.15) is 6.04 Å². The molecule has 26 heavy (non-hydrogen) atoms. The zero-order valence-electron chi connectivity index (χ0n) is 15.2. The Morgan fingerprint density at radius 1 is 1.04 bits per heavy atom. The van der Waals surface area contributed by atoms with Crippen molar-refractivity contribution in [2.45, 2.75) is 44.0 Å². The minimum Gasteiger partial charge on any atom is -0.355 e. The molecule has 0 radical (unpaired) electrons. The summed E-state index contributed by atoms with van der Waals surface area (Å²) in [5, 5.41) is 2.82. The summed E-state index contributed by atoms with van der Waals surface area (Å²) in [6.07, 6.45) is 2.11. The number of carbonyl (C=O) groups excluding carboxylic acids is 1. The molecule has 0 fully saturated rings. The van der Waals surface area contributed by atoms with Crippen LogP contribution in [-0.2, 0) is 21.2 Å². The van der Waals surface area contributed by atoms with E-state index in [1.807, 2.05) is 44.2 Å². The Morgan fingerprint density at radius 3 is 2.31 bits per heavy atom. The molecule has 0 aliphatic carbocycles. The standard InChI is InChI=1S/C20H26N2O3S/c1-3-4-14-21-20(23)19(15-17-8-6-5-7-9-17)22-26(24,25)18-12-10-16(2)11-13-18/h5-13,19,22H,3-4,14-15H2,1-2H3,(H,21,23). The van der Waals surface area contributed by atoms with Crippen LogP contribution in [0.5, 0.6) is 0 Å². The van der Waals surface area contributed by atoms with Crippen molar-refractivity contribution in [1.29, 1.82) is 0 Å². The van der Waals surface area contributed by atoms with Gasteiger partial charge in [-0.15, -0.1) is 0 Å². The van der Waals surface area contributed by atoms with Crippen molar-refractivity contribution in [2.24, 2.45) is 0 Å². The van der Waals surface area contributed by atoms with E-state index in [0.29, 0.717) is 13.0 Å². The highest BCUT2D eigenvalue weighted by atomic mass is 32.2. The van der Waals surface area contributed by atoms with Gasteiger partial charge in [-0.25, -0.2) is 8.42 Å². The molecule has 0 saturated heterocycles. The van der Waals surface area contributed by atoms with Gasteiger partial charge >= 0.3 is 0 Å². The molecule has 0 bridgehead atoms. The van der Waals surface area contributed by atoms with Gasteiger partial charge in [0.15, 0.2) is 0 Å². The van der Waals surface area contributed by atoms with E-state index in [0.717, 1.165) is 24.0 Å². The first-order valence-corrected chi connectivity index (χ1v) is 10.3. The minimum atomic E-state index is -3.78. The van der Waals surface area contributed by atoms with Crippen LogP contribution in [0.4, 0.5) is 0 Å². The van der Waals surface area contributed by atoms with Gasteiger partial charge in [0.05, 0.1) is 4.90 Å². The van der Waals surface area contributed by atoms with Crippen molar-refractivity contribution in [3.63, 3.8) is 0 Å². The van der Waals surface area contributed by atoms with Gasteiger partial charge in [-0.2, -0.15) is 4.72 Å². The summed E-state index contributed by atoms with van der Waals surface area (Å²) >= 11 is 0. The molecule has 6 heteroatoms. The summed E-state index contributed by atoms with van der Waals surface area (Å²) in [5.74, 6) is -0.307. The highest BCUT2D eigenvalue weighted by molar-refractivity contribution is 7.89. The van der Waals surface area contributed by atoms with Crippen LogP contribution in [0.3, 0.4) is 0 Å². The third kappa shape index (κ3) is 5.97. The van der Waals surface area contributed by atoms with E-state index in [-0.39, 0.29) is 10.8 Å². The second-order valence-corrected chi connectivity index (χ2v) is 8.04. The monoisotopic (exact) mass is 374 g/mol. The van der Waals surface area contributed by atoms with Gasteiger partial charge in [0.2, 0.25) is 15.9 Å². The maximum Gasteiger partial charge on any atom is 0.241 e. The molecule has 5 nitrogen and oxygen atoms in total. The predicted molar refractivity (Wildman–Crippen MR) is 103 cm³/mol. The molecule has 0 heterocycles. The van der Waals surface area contributed by atoms with Crippen molar-refractivity contribution in [1.82, 2.24) is 10.0 Å².